The molecule has 2 aromatic rings. The molecule has 0 radical (unpaired) electrons. The average Bonchev–Trinajstić information content (AvgIpc) is 2.73. The van der Waals surface area contributed by atoms with Gasteiger partial charge in [0, 0.05) is 18.3 Å². The van der Waals surface area contributed by atoms with Crippen molar-refractivity contribution in [3.63, 3.8) is 0 Å². The van der Waals surface area contributed by atoms with E-state index in [0.29, 0.717) is 5.16 Å². The van der Waals surface area contributed by atoms with Crippen molar-refractivity contribution in [3.05, 3.63) is 29.7 Å². The molecule has 2 heterocycles. The SMILES string of the molecule is Cc1nc(Sc2ncccc2CNC(C)(C)C)n[nH]1. The summed E-state index contributed by atoms with van der Waals surface area (Å²) in [6, 6.07) is 4.03. The maximum absolute atomic E-state index is 4.41. The highest BCUT2D eigenvalue weighted by molar-refractivity contribution is 7.99. The molecule has 102 valence electrons. The maximum Gasteiger partial charge on any atom is 0.214 e. The number of nitrogens with zero attached hydrogens (tertiary/aromatic N) is 3. The van der Waals surface area contributed by atoms with Crippen LogP contribution in [0.15, 0.2) is 28.5 Å². The van der Waals surface area contributed by atoms with Crippen LogP contribution in [0.4, 0.5) is 0 Å². The molecule has 0 aliphatic carbocycles. The second kappa shape index (κ2) is 5.71. The van der Waals surface area contributed by atoms with Gasteiger partial charge in [0.25, 0.3) is 0 Å². The summed E-state index contributed by atoms with van der Waals surface area (Å²) < 4.78 is 0. The molecule has 0 saturated carbocycles. The molecule has 2 N–H and O–H groups in total. The lowest BCUT2D eigenvalue weighted by molar-refractivity contribution is 0.422. The van der Waals surface area contributed by atoms with Crippen molar-refractivity contribution >= 4 is 11.8 Å². The summed E-state index contributed by atoms with van der Waals surface area (Å²) in [5.74, 6) is 0.813. The Kier molecular flexibility index (Phi) is 4.21. The number of hydrogen-bond acceptors (Lipinski definition) is 5. The number of hydrogen-bond donors (Lipinski definition) is 2. The van der Waals surface area contributed by atoms with E-state index >= 15 is 0 Å². The van der Waals surface area contributed by atoms with Gasteiger partial charge in [0.15, 0.2) is 0 Å². The molecule has 6 heteroatoms. The topological polar surface area (TPSA) is 66.5 Å². The van der Waals surface area contributed by atoms with Gasteiger partial charge in [-0.2, -0.15) is 0 Å². The number of nitrogens with one attached hydrogen (secondary N) is 2. The standard InChI is InChI=1S/C13H19N5S/c1-9-16-12(18-17-9)19-11-10(6-5-7-14-11)8-15-13(2,3)4/h5-7,15H,8H2,1-4H3,(H,16,17,18). The van der Waals surface area contributed by atoms with Crippen LogP contribution in [0, 0.1) is 6.92 Å². The minimum absolute atomic E-state index is 0.0823. The first-order chi connectivity index (χ1) is 8.94. The Hall–Kier alpha value is -1.40. The van der Waals surface area contributed by atoms with Crippen LogP contribution in [0.25, 0.3) is 0 Å². The van der Waals surface area contributed by atoms with E-state index in [1.54, 1.807) is 6.20 Å². The van der Waals surface area contributed by atoms with Gasteiger partial charge in [-0.1, -0.05) is 6.07 Å². The number of aromatic amines is 1. The summed E-state index contributed by atoms with van der Waals surface area (Å²) in [5, 5.41) is 12.1. The molecule has 0 atom stereocenters. The Balaban J connectivity index is 2.12. The van der Waals surface area contributed by atoms with Crippen LogP contribution in [0.1, 0.15) is 32.2 Å². The van der Waals surface area contributed by atoms with Crippen molar-refractivity contribution in [1.29, 1.82) is 0 Å². The lowest BCUT2D eigenvalue weighted by atomic mass is 10.1. The van der Waals surface area contributed by atoms with Crippen molar-refractivity contribution in [2.75, 3.05) is 0 Å². The highest BCUT2D eigenvalue weighted by Gasteiger charge is 2.12. The van der Waals surface area contributed by atoms with Gasteiger partial charge in [0.1, 0.15) is 10.9 Å². The van der Waals surface area contributed by atoms with E-state index in [-0.39, 0.29) is 5.54 Å². The number of pyridine rings is 1. The van der Waals surface area contributed by atoms with E-state index < -0.39 is 0 Å². The Bertz CT molecular complexity index is 544. The van der Waals surface area contributed by atoms with Gasteiger partial charge in [0.05, 0.1) is 0 Å². The average molecular weight is 277 g/mol. The summed E-state index contributed by atoms with van der Waals surface area (Å²) in [4.78, 5) is 8.70. The number of aromatic nitrogens is 4. The molecule has 19 heavy (non-hydrogen) atoms. The first-order valence-electron chi connectivity index (χ1n) is 6.20. The third-order valence-corrected chi connectivity index (χ3v) is 3.35. The number of H-pyrrole nitrogens is 1. The summed E-state index contributed by atoms with van der Waals surface area (Å²) >= 11 is 1.48. The number of rotatable bonds is 4. The normalized spacial score (nSPS) is 11.8. The van der Waals surface area contributed by atoms with Crippen LogP contribution in [0.5, 0.6) is 0 Å². The Morgan fingerprint density at radius 2 is 2.16 bits per heavy atom. The van der Waals surface area contributed by atoms with Gasteiger partial charge in [-0.15, -0.1) is 5.10 Å². The number of aryl methyl sites for hydroxylation is 1. The van der Waals surface area contributed by atoms with Gasteiger partial charge in [0.2, 0.25) is 5.16 Å². The van der Waals surface area contributed by atoms with Gasteiger partial charge in [-0.3, -0.25) is 5.10 Å². The van der Waals surface area contributed by atoms with Gasteiger partial charge in [-0.25, -0.2) is 9.97 Å². The van der Waals surface area contributed by atoms with Crippen LogP contribution >= 0.6 is 11.8 Å². The molecule has 0 bridgehead atoms. The Morgan fingerprint density at radius 3 is 2.79 bits per heavy atom. The third-order valence-electron chi connectivity index (χ3n) is 2.42. The fourth-order valence-electron chi connectivity index (χ4n) is 1.47. The fourth-order valence-corrected chi connectivity index (χ4v) is 2.30. The third kappa shape index (κ3) is 4.33. The lowest BCUT2D eigenvalue weighted by Crippen LogP contribution is -2.35. The summed E-state index contributed by atoms with van der Waals surface area (Å²) in [7, 11) is 0. The smallest absolute Gasteiger partial charge is 0.214 e. The van der Waals surface area contributed by atoms with Gasteiger partial charge in [-0.05, 0) is 51.1 Å². The zero-order valence-corrected chi connectivity index (χ0v) is 12.5. The molecule has 0 fully saturated rings. The van der Waals surface area contributed by atoms with Crippen molar-refractivity contribution in [1.82, 2.24) is 25.5 Å². The van der Waals surface area contributed by atoms with E-state index in [0.717, 1.165) is 23.0 Å². The zero-order chi connectivity index (χ0) is 13.9. The first kappa shape index (κ1) is 14.0. The molecule has 0 spiro atoms. The summed E-state index contributed by atoms with van der Waals surface area (Å²) in [5.41, 5.74) is 1.24. The molecule has 0 aliphatic rings. The predicted molar refractivity (Wildman–Crippen MR) is 76.1 cm³/mol. The molecule has 2 rings (SSSR count). The van der Waals surface area contributed by atoms with E-state index in [1.165, 1.54) is 11.8 Å². The van der Waals surface area contributed by atoms with Gasteiger partial charge >= 0.3 is 0 Å². The van der Waals surface area contributed by atoms with Gasteiger partial charge < -0.3 is 5.32 Å². The van der Waals surface area contributed by atoms with E-state index in [9.17, 15) is 0 Å². The predicted octanol–water partition coefficient (Wildman–Crippen LogP) is 2.55. The van der Waals surface area contributed by atoms with E-state index in [1.807, 2.05) is 13.0 Å². The van der Waals surface area contributed by atoms with Crippen molar-refractivity contribution in [2.45, 2.75) is 50.0 Å². The molecule has 0 aliphatic heterocycles. The molecular formula is C13H19N5S. The maximum atomic E-state index is 4.41. The monoisotopic (exact) mass is 277 g/mol. The molecule has 2 aromatic heterocycles. The van der Waals surface area contributed by atoms with Crippen LogP contribution in [0.3, 0.4) is 0 Å². The largest absolute Gasteiger partial charge is 0.308 e. The van der Waals surface area contributed by atoms with Crippen LogP contribution in [0.2, 0.25) is 0 Å². The highest BCUT2D eigenvalue weighted by Crippen LogP contribution is 2.25. The summed E-state index contributed by atoms with van der Waals surface area (Å²) in [6.07, 6.45) is 1.79. The minimum Gasteiger partial charge on any atom is -0.308 e. The second-order valence-electron chi connectivity index (χ2n) is 5.38. The molecule has 0 aromatic carbocycles. The lowest BCUT2D eigenvalue weighted by Gasteiger charge is -2.21. The van der Waals surface area contributed by atoms with E-state index in [2.05, 4.69) is 52.3 Å². The second-order valence-corrected chi connectivity index (χ2v) is 6.33. The molecule has 0 amide bonds. The fraction of sp³-hybridized carbons (Fsp3) is 0.462. The first-order valence-corrected chi connectivity index (χ1v) is 7.01. The Labute approximate surface area is 117 Å². The summed E-state index contributed by atoms with van der Waals surface area (Å²) in [6.45, 7) is 9.11. The van der Waals surface area contributed by atoms with Crippen LogP contribution in [-0.2, 0) is 6.54 Å². The van der Waals surface area contributed by atoms with Crippen molar-refractivity contribution < 1.29 is 0 Å². The van der Waals surface area contributed by atoms with Crippen molar-refractivity contribution in [2.24, 2.45) is 0 Å². The van der Waals surface area contributed by atoms with E-state index in [4.69, 9.17) is 0 Å². The minimum atomic E-state index is 0.0823. The Morgan fingerprint density at radius 1 is 1.37 bits per heavy atom. The highest BCUT2D eigenvalue weighted by atomic mass is 32.2. The quantitative estimate of drug-likeness (QED) is 0.899. The molecule has 0 unspecified atom stereocenters. The molecular weight excluding hydrogens is 258 g/mol. The van der Waals surface area contributed by atoms with Crippen LogP contribution < -0.4 is 5.32 Å². The molecule has 0 saturated heterocycles. The molecule has 5 nitrogen and oxygen atoms in total. The zero-order valence-electron chi connectivity index (χ0n) is 11.7. The van der Waals surface area contributed by atoms with Crippen molar-refractivity contribution in [3.8, 4) is 0 Å². The van der Waals surface area contributed by atoms with Crippen LogP contribution in [-0.4, -0.2) is 25.7 Å².